The van der Waals surface area contributed by atoms with Gasteiger partial charge in [0, 0.05) is 12.8 Å². The van der Waals surface area contributed by atoms with E-state index in [9.17, 15) is 9.18 Å². The van der Waals surface area contributed by atoms with Gasteiger partial charge in [0.2, 0.25) is 0 Å². The molecule has 2 heteroatoms. The maximum atomic E-state index is 12.6. The molecule has 0 saturated carbocycles. The molecular weight excluding hydrogens is 131 g/mol. The summed E-state index contributed by atoms with van der Waals surface area (Å²) in [6.45, 7) is 4.88. The molecule has 0 radical (unpaired) electrons. The van der Waals surface area contributed by atoms with Crippen LogP contribution in [-0.2, 0) is 4.79 Å². The van der Waals surface area contributed by atoms with Gasteiger partial charge in [0.15, 0.2) is 0 Å². The molecule has 0 atom stereocenters. The van der Waals surface area contributed by atoms with E-state index in [-0.39, 0.29) is 18.0 Å². The lowest BCUT2D eigenvalue weighted by Crippen LogP contribution is -1.90. The second-order valence-corrected chi connectivity index (χ2v) is 2.61. The van der Waals surface area contributed by atoms with Gasteiger partial charge in [-0.2, -0.15) is 0 Å². The minimum absolute atomic E-state index is 0.0383. The van der Waals surface area contributed by atoms with E-state index >= 15 is 0 Å². The zero-order valence-corrected chi connectivity index (χ0v) is 6.70. The van der Waals surface area contributed by atoms with Gasteiger partial charge in [-0.15, -0.1) is 0 Å². The molecule has 0 aliphatic rings. The van der Waals surface area contributed by atoms with Gasteiger partial charge in [-0.1, -0.05) is 0 Å². The fourth-order valence-electron chi connectivity index (χ4n) is 0.536. The van der Waals surface area contributed by atoms with Gasteiger partial charge in [0.25, 0.3) is 0 Å². The van der Waals surface area contributed by atoms with Crippen molar-refractivity contribution in [2.45, 2.75) is 33.6 Å². The quantitative estimate of drug-likeness (QED) is 0.595. The number of ketones is 1. The summed E-state index contributed by atoms with van der Waals surface area (Å²) in [5.41, 5.74) is 0.668. The monoisotopic (exact) mass is 144 g/mol. The number of rotatable bonds is 3. The number of carbonyl (C=O) groups excluding carboxylic acids is 1. The fourth-order valence-corrected chi connectivity index (χ4v) is 0.536. The summed E-state index contributed by atoms with van der Waals surface area (Å²) >= 11 is 0. The summed E-state index contributed by atoms with van der Waals surface area (Å²) in [5, 5.41) is 0. The molecule has 0 bridgehead atoms. The average Bonchev–Trinajstić information content (AvgIpc) is 1.82. The van der Waals surface area contributed by atoms with Crippen molar-refractivity contribution in [3.63, 3.8) is 0 Å². The Morgan fingerprint density at radius 2 is 1.70 bits per heavy atom. The van der Waals surface area contributed by atoms with Gasteiger partial charge in [-0.3, -0.25) is 0 Å². The molecule has 10 heavy (non-hydrogen) atoms. The van der Waals surface area contributed by atoms with E-state index in [0.717, 1.165) is 0 Å². The van der Waals surface area contributed by atoms with E-state index in [2.05, 4.69) is 0 Å². The standard InChI is InChI=1S/C8H13FO/c1-6(2)8(9)5-4-7(3)10/h4-5H2,1-3H3. The van der Waals surface area contributed by atoms with E-state index in [4.69, 9.17) is 0 Å². The molecule has 0 aliphatic heterocycles. The fraction of sp³-hybridized carbons (Fsp3) is 0.625. The van der Waals surface area contributed by atoms with E-state index in [1.807, 2.05) is 0 Å². The smallest absolute Gasteiger partial charge is 0.130 e. The first-order chi connectivity index (χ1) is 4.54. The topological polar surface area (TPSA) is 17.1 Å². The Bertz CT molecular complexity index is 155. The van der Waals surface area contributed by atoms with Gasteiger partial charge < -0.3 is 4.79 Å². The van der Waals surface area contributed by atoms with Crippen LogP contribution in [0.2, 0.25) is 0 Å². The van der Waals surface area contributed by atoms with Crippen molar-refractivity contribution in [3.8, 4) is 0 Å². The van der Waals surface area contributed by atoms with Crippen LogP contribution >= 0.6 is 0 Å². The summed E-state index contributed by atoms with van der Waals surface area (Å²) in [7, 11) is 0. The average molecular weight is 144 g/mol. The normalized spacial score (nSPS) is 9.20. The van der Waals surface area contributed by atoms with Crippen LogP contribution in [-0.4, -0.2) is 5.78 Å². The molecular formula is C8H13FO. The van der Waals surface area contributed by atoms with Crippen LogP contribution in [0.4, 0.5) is 4.39 Å². The summed E-state index contributed by atoms with van der Waals surface area (Å²) in [5.74, 6) is -0.119. The van der Waals surface area contributed by atoms with Crippen LogP contribution in [0.3, 0.4) is 0 Å². The maximum absolute atomic E-state index is 12.6. The molecule has 0 aromatic rings. The van der Waals surface area contributed by atoms with Crippen molar-refractivity contribution in [1.29, 1.82) is 0 Å². The van der Waals surface area contributed by atoms with Crippen LogP contribution in [0.5, 0.6) is 0 Å². The number of hydrogen-bond acceptors (Lipinski definition) is 1. The lowest BCUT2D eigenvalue weighted by Gasteiger charge is -1.95. The molecule has 58 valence electrons. The van der Waals surface area contributed by atoms with Gasteiger partial charge in [-0.05, 0) is 26.3 Å². The van der Waals surface area contributed by atoms with Crippen molar-refractivity contribution in [2.75, 3.05) is 0 Å². The van der Waals surface area contributed by atoms with Gasteiger partial charge in [0.1, 0.15) is 5.78 Å². The molecule has 0 rings (SSSR count). The number of carbonyl (C=O) groups is 1. The highest BCUT2D eigenvalue weighted by Crippen LogP contribution is 2.11. The second kappa shape index (κ2) is 4.20. The SMILES string of the molecule is CC(=O)CCC(F)=C(C)C. The third-order valence-electron chi connectivity index (χ3n) is 1.24. The first-order valence-electron chi connectivity index (χ1n) is 3.35. The Morgan fingerprint density at radius 3 is 2.00 bits per heavy atom. The minimum Gasteiger partial charge on any atom is -0.300 e. The largest absolute Gasteiger partial charge is 0.300 e. The van der Waals surface area contributed by atoms with E-state index in [1.165, 1.54) is 6.92 Å². The Morgan fingerprint density at radius 1 is 1.20 bits per heavy atom. The predicted octanol–water partition coefficient (Wildman–Crippen LogP) is 2.62. The minimum atomic E-state index is -0.157. The van der Waals surface area contributed by atoms with E-state index in [0.29, 0.717) is 12.0 Å². The van der Waals surface area contributed by atoms with Gasteiger partial charge in [-0.25, -0.2) is 4.39 Å². The van der Waals surface area contributed by atoms with Crippen LogP contribution < -0.4 is 0 Å². The molecule has 0 spiro atoms. The maximum Gasteiger partial charge on any atom is 0.130 e. The number of Topliss-reactive ketones (excluding diaryl/α,β-unsaturated/α-hetero) is 1. The Labute approximate surface area is 60.9 Å². The van der Waals surface area contributed by atoms with Crippen molar-refractivity contribution in [3.05, 3.63) is 11.4 Å². The molecule has 0 N–H and O–H groups in total. The van der Waals surface area contributed by atoms with Crippen LogP contribution in [0.25, 0.3) is 0 Å². The summed E-state index contributed by atoms with van der Waals surface area (Å²) in [6, 6.07) is 0. The highest BCUT2D eigenvalue weighted by molar-refractivity contribution is 5.75. The lowest BCUT2D eigenvalue weighted by atomic mass is 10.2. The molecule has 0 aliphatic carbocycles. The Kier molecular flexibility index (Phi) is 3.93. The van der Waals surface area contributed by atoms with Crippen molar-refractivity contribution in [1.82, 2.24) is 0 Å². The van der Waals surface area contributed by atoms with Crippen LogP contribution in [0, 0.1) is 0 Å². The van der Waals surface area contributed by atoms with Crippen LogP contribution in [0.1, 0.15) is 33.6 Å². The van der Waals surface area contributed by atoms with Crippen LogP contribution in [0.15, 0.2) is 11.4 Å². The molecule has 0 aromatic carbocycles. The van der Waals surface area contributed by atoms with E-state index < -0.39 is 0 Å². The summed E-state index contributed by atoms with van der Waals surface area (Å²) in [4.78, 5) is 10.4. The third-order valence-corrected chi connectivity index (χ3v) is 1.24. The highest BCUT2D eigenvalue weighted by atomic mass is 19.1. The lowest BCUT2D eigenvalue weighted by molar-refractivity contribution is -0.117. The van der Waals surface area contributed by atoms with Crippen molar-refractivity contribution >= 4 is 5.78 Å². The molecule has 0 heterocycles. The predicted molar refractivity (Wildman–Crippen MR) is 39.4 cm³/mol. The first kappa shape index (κ1) is 9.34. The van der Waals surface area contributed by atoms with Crippen molar-refractivity contribution in [2.24, 2.45) is 0 Å². The first-order valence-corrected chi connectivity index (χ1v) is 3.35. The zero-order valence-electron chi connectivity index (χ0n) is 6.70. The Balaban J connectivity index is 3.71. The molecule has 0 unspecified atom stereocenters. The Hall–Kier alpha value is -0.660. The second-order valence-electron chi connectivity index (χ2n) is 2.61. The summed E-state index contributed by atoms with van der Waals surface area (Å²) in [6.07, 6.45) is 0.578. The third kappa shape index (κ3) is 4.24. The number of hydrogen-bond donors (Lipinski definition) is 0. The van der Waals surface area contributed by atoms with E-state index in [1.54, 1.807) is 13.8 Å². The number of allylic oxidation sites excluding steroid dienone is 2. The zero-order chi connectivity index (χ0) is 8.15. The van der Waals surface area contributed by atoms with Gasteiger partial charge in [0.05, 0.1) is 5.83 Å². The molecule has 0 amide bonds. The molecule has 1 nitrogen and oxygen atoms in total. The summed E-state index contributed by atoms with van der Waals surface area (Å²) < 4.78 is 12.6. The highest BCUT2D eigenvalue weighted by Gasteiger charge is 1.99. The molecule has 0 aromatic heterocycles. The van der Waals surface area contributed by atoms with Gasteiger partial charge >= 0.3 is 0 Å². The van der Waals surface area contributed by atoms with Crippen molar-refractivity contribution < 1.29 is 9.18 Å². The number of halogens is 1. The molecule has 0 saturated heterocycles. The molecule has 0 fully saturated rings.